The average Bonchev–Trinajstić information content (AvgIpc) is 3.19. The van der Waals surface area contributed by atoms with E-state index < -0.39 is 6.36 Å². The number of hydrogen-bond acceptors (Lipinski definition) is 4. The van der Waals surface area contributed by atoms with Gasteiger partial charge in [-0.3, -0.25) is 4.79 Å². The lowest BCUT2D eigenvalue weighted by Crippen LogP contribution is -2.39. The van der Waals surface area contributed by atoms with Crippen molar-refractivity contribution in [3.63, 3.8) is 0 Å². The number of carbonyl (C=O) groups is 1. The van der Waals surface area contributed by atoms with Gasteiger partial charge in [0.2, 0.25) is 0 Å². The zero-order valence-electron chi connectivity index (χ0n) is 18.1. The Morgan fingerprint density at radius 1 is 1.12 bits per heavy atom. The number of nitrogens with two attached hydrogens (primary N) is 1. The van der Waals surface area contributed by atoms with Crippen molar-refractivity contribution in [3.05, 3.63) is 65.9 Å². The highest BCUT2D eigenvalue weighted by Gasteiger charge is 2.32. The Hall–Kier alpha value is -3.01. The van der Waals surface area contributed by atoms with Crippen LogP contribution in [0.2, 0.25) is 0 Å². The Labute approximate surface area is 200 Å². The van der Waals surface area contributed by atoms with E-state index in [1.807, 2.05) is 16.7 Å². The number of rotatable bonds is 7. The number of fused-ring (bicyclic) bond motifs is 1. The van der Waals surface area contributed by atoms with Crippen LogP contribution in [0.15, 0.2) is 54.6 Å². The molecule has 1 aliphatic rings. The summed E-state index contributed by atoms with van der Waals surface area (Å²) in [6.07, 6.45) is -3.32. The van der Waals surface area contributed by atoms with E-state index >= 15 is 0 Å². The normalized spacial score (nSPS) is 15.3. The molecule has 182 valence electrons. The van der Waals surface area contributed by atoms with Gasteiger partial charge < -0.3 is 25.5 Å². The van der Waals surface area contributed by atoms with Crippen LogP contribution in [0.25, 0.3) is 22.4 Å². The van der Waals surface area contributed by atoms with Gasteiger partial charge in [-0.25, -0.2) is 0 Å². The molecule has 6 nitrogen and oxygen atoms in total. The molecule has 10 heteroatoms. The second-order valence-electron chi connectivity index (χ2n) is 7.89. The third-order valence-electron chi connectivity index (χ3n) is 5.66. The van der Waals surface area contributed by atoms with Gasteiger partial charge >= 0.3 is 6.36 Å². The summed E-state index contributed by atoms with van der Waals surface area (Å²) in [5.74, 6) is -0.587. The Kier molecular flexibility index (Phi) is 7.91. The molecule has 1 amide bonds. The summed E-state index contributed by atoms with van der Waals surface area (Å²) in [6.45, 7) is 0.821. The van der Waals surface area contributed by atoms with Gasteiger partial charge in [0.15, 0.2) is 0 Å². The first-order chi connectivity index (χ1) is 15.8. The van der Waals surface area contributed by atoms with Gasteiger partial charge in [-0.05, 0) is 54.3 Å². The molecule has 1 atom stereocenters. The summed E-state index contributed by atoms with van der Waals surface area (Å²) in [6, 6.07) is 14.6. The maximum absolute atomic E-state index is 12.8. The molecule has 2 heterocycles. The molecule has 1 aliphatic heterocycles. The monoisotopic (exact) mass is 495 g/mol. The van der Waals surface area contributed by atoms with Gasteiger partial charge in [-0.15, -0.1) is 25.6 Å². The number of nitrogens with one attached hydrogen (secondary N) is 1. The molecule has 4 N–H and O–H groups in total. The van der Waals surface area contributed by atoms with Crippen LogP contribution in [-0.4, -0.2) is 35.0 Å². The SMILES string of the molecule is Cl.NCCC[C@H]1CNC(=O)c2cc(-c3cccc(OC(F)(F)F)c3)c(-c3ccc(CO)cc3)n21. The second-order valence-corrected chi connectivity index (χ2v) is 7.89. The predicted octanol–water partition coefficient (Wildman–Crippen LogP) is 4.66. The Balaban J connectivity index is 0.00000324. The minimum atomic E-state index is -4.81. The molecule has 1 aromatic heterocycles. The smallest absolute Gasteiger partial charge is 0.406 e. The van der Waals surface area contributed by atoms with Crippen molar-refractivity contribution in [3.8, 4) is 28.1 Å². The number of aliphatic hydroxyl groups is 1. The molecule has 0 bridgehead atoms. The average molecular weight is 496 g/mol. The van der Waals surface area contributed by atoms with E-state index in [1.54, 1.807) is 24.3 Å². The molecule has 0 radical (unpaired) electrons. The number of benzene rings is 2. The van der Waals surface area contributed by atoms with Crippen molar-refractivity contribution in [1.29, 1.82) is 0 Å². The maximum Gasteiger partial charge on any atom is 0.573 e. The summed E-state index contributed by atoms with van der Waals surface area (Å²) < 4.78 is 44.4. The minimum Gasteiger partial charge on any atom is -0.406 e. The maximum atomic E-state index is 12.8. The van der Waals surface area contributed by atoms with Crippen molar-refractivity contribution >= 4 is 18.3 Å². The van der Waals surface area contributed by atoms with Crippen LogP contribution in [0.1, 0.15) is 34.9 Å². The molecule has 3 aromatic rings. The third kappa shape index (κ3) is 5.38. The largest absolute Gasteiger partial charge is 0.573 e. The summed E-state index contributed by atoms with van der Waals surface area (Å²) in [5.41, 5.74) is 9.47. The molecule has 0 fully saturated rings. The highest BCUT2D eigenvalue weighted by Crippen LogP contribution is 2.41. The molecule has 4 rings (SSSR count). The number of aromatic nitrogens is 1. The van der Waals surface area contributed by atoms with Crippen LogP contribution in [0.4, 0.5) is 13.2 Å². The fourth-order valence-corrected chi connectivity index (χ4v) is 4.20. The molecule has 34 heavy (non-hydrogen) atoms. The zero-order chi connectivity index (χ0) is 23.6. The lowest BCUT2D eigenvalue weighted by atomic mass is 9.99. The van der Waals surface area contributed by atoms with Crippen LogP contribution in [0, 0.1) is 0 Å². The fourth-order valence-electron chi connectivity index (χ4n) is 4.20. The second kappa shape index (κ2) is 10.5. The predicted molar refractivity (Wildman–Crippen MR) is 125 cm³/mol. The molecule has 0 spiro atoms. The van der Waals surface area contributed by atoms with Gasteiger partial charge in [0, 0.05) is 12.1 Å². The van der Waals surface area contributed by atoms with E-state index in [0.29, 0.717) is 29.9 Å². The number of amides is 1. The minimum absolute atomic E-state index is 0. The zero-order valence-corrected chi connectivity index (χ0v) is 19.0. The molecular weight excluding hydrogens is 471 g/mol. The van der Waals surface area contributed by atoms with Gasteiger partial charge in [-0.2, -0.15) is 0 Å². The molecule has 0 saturated carbocycles. The lowest BCUT2D eigenvalue weighted by molar-refractivity contribution is -0.274. The highest BCUT2D eigenvalue weighted by molar-refractivity contribution is 5.98. The van der Waals surface area contributed by atoms with Crippen molar-refractivity contribution in [1.82, 2.24) is 9.88 Å². The third-order valence-corrected chi connectivity index (χ3v) is 5.66. The summed E-state index contributed by atoms with van der Waals surface area (Å²) >= 11 is 0. The Bertz CT molecular complexity index is 1150. The number of halogens is 4. The van der Waals surface area contributed by atoms with Gasteiger partial charge in [0.05, 0.1) is 18.3 Å². The van der Waals surface area contributed by atoms with Crippen molar-refractivity contribution in [2.45, 2.75) is 31.9 Å². The van der Waals surface area contributed by atoms with Gasteiger partial charge in [0.25, 0.3) is 5.91 Å². The Morgan fingerprint density at radius 2 is 1.85 bits per heavy atom. The Morgan fingerprint density at radius 3 is 2.50 bits per heavy atom. The van der Waals surface area contributed by atoms with Crippen molar-refractivity contribution in [2.24, 2.45) is 5.73 Å². The van der Waals surface area contributed by atoms with Crippen LogP contribution in [-0.2, 0) is 6.61 Å². The van der Waals surface area contributed by atoms with Crippen LogP contribution in [0.5, 0.6) is 5.75 Å². The van der Waals surface area contributed by atoms with Gasteiger partial charge in [0.1, 0.15) is 11.4 Å². The first-order valence-electron chi connectivity index (χ1n) is 10.6. The number of ether oxygens (including phenoxy) is 1. The van der Waals surface area contributed by atoms with Crippen molar-refractivity contribution < 1.29 is 27.8 Å². The van der Waals surface area contributed by atoms with E-state index in [2.05, 4.69) is 10.1 Å². The van der Waals surface area contributed by atoms with E-state index in [4.69, 9.17) is 5.73 Å². The van der Waals surface area contributed by atoms with Crippen molar-refractivity contribution in [2.75, 3.05) is 13.1 Å². The fraction of sp³-hybridized carbons (Fsp3) is 0.292. The number of alkyl halides is 3. The summed E-state index contributed by atoms with van der Waals surface area (Å²) in [4.78, 5) is 12.7. The molecule has 0 saturated heterocycles. The molecule has 2 aromatic carbocycles. The van der Waals surface area contributed by atoms with E-state index in [1.165, 1.54) is 18.2 Å². The van der Waals surface area contributed by atoms with E-state index in [-0.39, 0.29) is 36.7 Å². The molecular formula is C24H25ClF3N3O3. The van der Waals surface area contributed by atoms with Crippen LogP contribution >= 0.6 is 12.4 Å². The van der Waals surface area contributed by atoms with Crippen LogP contribution < -0.4 is 15.8 Å². The lowest BCUT2D eigenvalue weighted by Gasteiger charge is -2.29. The number of aliphatic hydroxyl groups excluding tert-OH is 1. The van der Waals surface area contributed by atoms with Gasteiger partial charge in [-0.1, -0.05) is 36.4 Å². The first kappa shape index (κ1) is 25.6. The quantitative estimate of drug-likeness (QED) is 0.445. The van der Waals surface area contributed by atoms with E-state index in [9.17, 15) is 23.1 Å². The topological polar surface area (TPSA) is 89.5 Å². The number of carbonyl (C=O) groups excluding carboxylic acids is 1. The highest BCUT2D eigenvalue weighted by atomic mass is 35.5. The first-order valence-corrected chi connectivity index (χ1v) is 10.6. The number of hydrogen-bond donors (Lipinski definition) is 3. The van der Waals surface area contributed by atoms with E-state index in [0.717, 1.165) is 29.7 Å². The summed E-state index contributed by atoms with van der Waals surface area (Å²) in [7, 11) is 0. The standard InChI is InChI=1S/C24H24F3N3O3.ClH/c25-24(26,27)33-19-5-1-3-17(11-19)20-12-21-23(32)29-13-18(4-2-10-28)30(21)22(20)16-8-6-15(14-31)7-9-16;/h1,3,5-9,11-12,18,31H,2,4,10,13-14,28H2,(H,29,32);1H/t18-;/m0./s1. The molecule has 0 unspecified atom stereocenters. The molecule has 0 aliphatic carbocycles. The number of nitrogens with zero attached hydrogens (tertiary/aromatic N) is 1. The van der Waals surface area contributed by atoms with Crippen LogP contribution in [0.3, 0.4) is 0 Å². The summed E-state index contributed by atoms with van der Waals surface area (Å²) in [5, 5.41) is 12.3.